The molecular formula is C20H26N2O4S. The van der Waals surface area contributed by atoms with Gasteiger partial charge in [-0.25, -0.2) is 8.42 Å². The number of carbonyl (C=O) groups excluding carboxylic acids is 1. The lowest BCUT2D eigenvalue weighted by molar-refractivity contribution is -0.121. The summed E-state index contributed by atoms with van der Waals surface area (Å²) in [6.07, 6.45) is 0. The van der Waals surface area contributed by atoms with Crippen molar-refractivity contribution in [1.82, 2.24) is 9.62 Å². The number of hydrogen-bond acceptors (Lipinski definition) is 4. The van der Waals surface area contributed by atoms with Crippen molar-refractivity contribution in [3.63, 3.8) is 0 Å². The molecule has 0 unspecified atom stereocenters. The third kappa shape index (κ3) is 5.08. The van der Waals surface area contributed by atoms with Crippen LogP contribution in [0.5, 0.6) is 5.75 Å². The molecule has 1 atom stereocenters. The van der Waals surface area contributed by atoms with Gasteiger partial charge in [-0.2, -0.15) is 4.31 Å². The molecule has 0 aliphatic carbocycles. The molecule has 0 heterocycles. The number of ether oxygens (including phenoxy) is 1. The number of methoxy groups -OCH3 is 1. The van der Waals surface area contributed by atoms with E-state index in [-0.39, 0.29) is 23.4 Å². The number of rotatable bonds is 7. The summed E-state index contributed by atoms with van der Waals surface area (Å²) in [5.41, 5.74) is 3.25. The van der Waals surface area contributed by atoms with E-state index in [9.17, 15) is 13.2 Å². The highest BCUT2D eigenvalue weighted by Crippen LogP contribution is 2.20. The maximum absolute atomic E-state index is 12.6. The summed E-state index contributed by atoms with van der Waals surface area (Å²) in [6, 6.07) is 11.9. The summed E-state index contributed by atoms with van der Waals surface area (Å²) < 4.78 is 31.3. The Morgan fingerprint density at radius 3 is 2.33 bits per heavy atom. The first-order chi connectivity index (χ1) is 12.6. The van der Waals surface area contributed by atoms with Crippen LogP contribution in [0.1, 0.15) is 29.7 Å². The molecule has 0 spiro atoms. The van der Waals surface area contributed by atoms with E-state index in [1.807, 2.05) is 32.9 Å². The van der Waals surface area contributed by atoms with Crippen LogP contribution in [0.2, 0.25) is 0 Å². The summed E-state index contributed by atoms with van der Waals surface area (Å²) in [5.74, 6) is 0.207. The van der Waals surface area contributed by atoms with Gasteiger partial charge in [0.1, 0.15) is 5.75 Å². The van der Waals surface area contributed by atoms with Gasteiger partial charge in [-0.3, -0.25) is 4.79 Å². The van der Waals surface area contributed by atoms with Crippen LogP contribution in [0.3, 0.4) is 0 Å². The smallest absolute Gasteiger partial charge is 0.243 e. The first kappa shape index (κ1) is 20.9. The molecule has 2 rings (SSSR count). The van der Waals surface area contributed by atoms with E-state index in [1.165, 1.54) is 26.3 Å². The molecule has 0 saturated carbocycles. The number of benzene rings is 2. The van der Waals surface area contributed by atoms with E-state index in [2.05, 4.69) is 11.4 Å². The lowest BCUT2D eigenvalue weighted by Gasteiger charge is -2.20. The number of amides is 1. The fourth-order valence-electron chi connectivity index (χ4n) is 2.89. The summed E-state index contributed by atoms with van der Waals surface area (Å²) in [4.78, 5) is 12.5. The number of aryl methyl sites for hydroxylation is 2. The molecule has 1 N–H and O–H groups in total. The van der Waals surface area contributed by atoms with Crippen LogP contribution in [-0.2, 0) is 14.8 Å². The number of hydrogen-bond donors (Lipinski definition) is 1. The van der Waals surface area contributed by atoms with Crippen molar-refractivity contribution in [3.05, 3.63) is 59.2 Å². The molecule has 0 radical (unpaired) electrons. The Labute approximate surface area is 161 Å². The third-order valence-corrected chi connectivity index (χ3v) is 6.22. The van der Waals surface area contributed by atoms with Crippen molar-refractivity contribution in [3.8, 4) is 5.75 Å². The molecule has 0 aliphatic rings. The van der Waals surface area contributed by atoms with Crippen molar-refractivity contribution in [1.29, 1.82) is 0 Å². The van der Waals surface area contributed by atoms with E-state index in [0.29, 0.717) is 5.75 Å². The predicted molar refractivity (Wildman–Crippen MR) is 105 cm³/mol. The van der Waals surface area contributed by atoms with Crippen molar-refractivity contribution >= 4 is 15.9 Å². The highest BCUT2D eigenvalue weighted by Gasteiger charge is 2.23. The van der Waals surface area contributed by atoms with Crippen LogP contribution < -0.4 is 10.1 Å². The average Bonchev–Trinajstić information content (AvgIpc) is 2.61. The molecule has 0 saturated heterocycles. The second-order valence-corrected chi connectivity index (χ2v) is 8.63. The zero-order valence-corrected chi connectivity index (χ0v) is 17.1. The minimum Gasteiger partial charge on any atom is -0.497 e. The van der Waals surface area contributed by atoms with Crippen molar-refractivity contribution in [2.24, 2.45) is 0 Å². The fraction of sp³-hybridized carbons (Fsp3) is 0.350. The molecule has 27 heavy (non-hydrogen) atoms. The maximum Gasteiger partial charge on any atom is 0.243 e. The Morgan fingerprint density at radius 1 is 1.15 bits per heavy atom. The second kappa shape index (κ2) is 8.54. The maximum atomic E-state index is 12.6. The standard InChI is InChI=1S/C20H26N2O4S/c1-14-6-11-19(15(2)12-14)16(3)21-20(23)13-22(4)27(24,25)18-9-7-17(26-5)8-10-18/h6-12,16H,13H2,1-5H3,(H,21,23)/t16-/m1/s1. The molecule has 0 aromatic heterocycles. The molecule has 0 aliphatic heterocycles. The molecule has 1 amide bonds. The van der Waals surface area contributed by atoms with E-state index in [1.54, 1.807) is 12.1 Å². The van der Waals surface area contributed by atoms with Crippen LogP contribution in [0.25, 0.3) is 0 Å². The number of likely N-dealkylation sites (N-methyl/N-ethyl adjacent to an activating group) is 1. The van der Waals surface area contributed by atoms with Gasteiger partial charge >= 0.3 is 0 Å². The van der Waals surface area contributed by atoms with E-state index >= 15 is 0 Å². The lowest BCUT2D eigenvalue weighted by atomic mass is 10.0. The van der Waals surface area contributed by atoms with Gasteiger partial charge in [-0.15, -0.1) is 0 Å². The first-order valence-electron chi connectivity index (χ1n) is 8.62. The summed E-state index contributed by atoms with van der Waals surface area (Å²) in [5, 5.41) is 2.86. The monoisotopic (exact) mass is 390 g/mol. The topological polar surface area (TPSA) is 75.7 Å². The summed E-state index contributed by atoms with van der Waals surface area (Å²) in [6.45, 7) is 5.63. The molecule has 7 heteroatoms. The van der Waals surface area contributed by atoms with Crippen LogP contribution in [-0.4, -0.2) is 39.3 Å². The minimum absolute atomic E-state index is 0.112. The van der Waals surface area contributed by atoms with Crippen molar-refractivity contribution in [2.75, 3.05) is 20.7 Å². The first-order valence-corrected chi connectivity index (χ1v) is 10.1. The van der Waals surface area contributed by atoms with Gasteiger partial charge in [0.05, 0.1) is 24.6 Å². The van der Waals surface area contributed by atoms with Crippen LogP contribution in [0.4, 0.5) is 0 Å². The minimum atomic E-state index is -3.76. The Balaban J connectivity index is 2.05. The normalized spacial score (nSPS) is 12.7. The predicted octanol–water partition coefficient (Wildman–Crippen LogP) is 2.81. The molecular weight excluding hydrogens is 364 g/mol. The van der Waals surface area contributed by atoms with Gasteiger partial charge in [0.2, 0.25) is 15.9 Å². The Kier molecular flexibility index (Phi) is 6.62. The number of nitrogens with one attached hydrogen (secondary N) is 1. The van der Waals surface area contributed by atoms with Gasteiger partial charge in [-0.05, 0) is 56.2 Å². The SMILES string of the molecule is COc1ccc(S(=O)(=O)N(C)CC(=O)N[C@H](C)c2ccc(C)cc2C)cc1. The number of nitrogens with zero attached hydrogens (tertiary/aromatic N) is 1. The molecule has 146 valence electrons. The Hall–Kier alpha value is -2.38. The Bertz CT molecular complexity index is 908. The molecule has 0 fully saturated rings. The van der Waals surface area contributed by atoms with Crippen LogP contribution >= 0.6 is 0 Å². The highest BCUT2D eigenvalue weighted by molar-refractivity contribution is 7.89. The Morgan fingerprint density at radius 2 is 1.78 bits per heavy atom. The van der Waals surface area contributed by atoms with Gasteiger partial charge < -0.3 is 10.1 Å². The fourth-order valence-corrected chi connectivity index (χ4v) is 4.02. The van der Waals surface area contributed by atoms with Gasteiger partial charge in [0.15, 0.2) is 0 Å². The zero-order chi connectivity index (χ0) is 20.2. The van der Waals surface area contributed by atoms with E-state index < -0.39 is 10.0 Å². The molecule has 6 nitrogen and oxygen atoms in total. The summed E-state index contributed by atoms with van der Waals surface area (Å²) >= 11 is 0. The van der Waals surface area contributed by atoms with E-state index in [0.717, 1.165) is 21.0 Å². The summed E-state index contributed by atoms with van der Waals surface area (Å²) in [7, 11) is -0.856. The van der Waals surface area contributed by atoms with Crippen molar-refractivity contribution < 1.29 is 17.9 Å². The second-order valence-electron chi connectivity index (χ2n) is 6.59. The zero-order valence-electron chi connectivity index (χ0n) is 16.3. The molecule has 2 aromatic carbocycles. The van der Waals surface area contributed by atoms with Crippen LogP contribution in [0.15, 0.2) is 47.4 Å². The third-order valence-electron chi connectivity index (χ3n) is 4.40. The van der Waals surface area contributed by atoms with Gasteiger partial charge in [0.25, 0.3) is 0 Å². The molecule has 0 bridgehead atoms. The van der Waals surface area contributed by atoms with E-state index in [4.69, 9.17) is 4.74 Å². The number of sulfonamides is 1. The van der Waals surface area contributed by atoms with Gasteiger partial charge in [0, 0.05) is 7.05 Å². The highest BCUT2D eigenvalue weighted by atomic mass is 32.2. The lowest BCUT2D eigenvalue weighted by Crippen LogP contribution is -2.39. The van der Waals surface area contributed by atoms with Crippen LogP contribution in [0, 0.1) is 13.8 Å². The number of carbonyl (C=O) groups is 1. The van der Waals surface area contributed by atoms with Gasteiger partial charge in [-0.1, -0.05) is 23.8 Å². The molecule has 2 aromatic rings. The van der Waals surface area contributed by atoms with Crippen molar-refractivity contribution in [2.45, 2.75) is 31.7 Å². The largest absolute Gasteiger partial charge is 0.497 e. The average molecular weight is 391 g/mol. The quantitative estimate of drug-likeness (QED) is 0.789.